The Morgan fingerprint density at radius 3 is 2.08 bits per heavy atom. The van der Waals surface area contributed by atoms with Crippen molar-refractivity contribution in [3.8, 4) is 0 Å². The molecule has 0 saturated carbocycles. The summed E-state index contributed by atoms with van der Waals surface area (Å²) in [6.45, 7) is 2.63. The first-order valence-electron chi connectivity index (χ1n) is 4.75. The molecule has 0 rings (SSSR count). The van der Waals surface area contributed by atoms with Crippen molar-refractivity contribution in [2.75, 3.05) is 6.61 Å². The van der Waals surface area contributed by atoms with E-state index in [0.717, 1.165) is 12.8 Å². The van der Waals surface area contributed by atoms with Crippen LogP contribution in [-0.4, -0.2) is 24.0 Å². The maximum Gasteiger partial charge on any atom is 0.633 e. The summed E-state index contributed by atoms with van der Waals surface area (Å²) in [5.41, 5.74) is 0. The molecule has 0 aliphatic heterocycles. The molecule has 0 aromatic carbocycles. The van der Waals surface area contributed by atoms with Gasteiger partial charge in [0.1, 0.15) is 0 Å². The van der Waals surface area contributed by atoms with Gasteiger partial charge in [-0.1, -0.05) is 39.0 Å². The molecule has 0 aromatic rings. The smallest absolute Gasteiger partial charge is 0.402 e. The molecule has 0 spiro atoms. The SMILES string of the molecule is CCCCCCCCOB(O)O.[Cu]. The van der Waals surface area contributed by atoms with Gasteiger partial charge in [-0.25, -0.2) is 0 Å². The molecule has 1 radical (unpaired) electrons. The second-order valence-corrected chi connectivity index (χ2v) is 2.96. The maximum absolute atomic E-state index is 8.33. The summed E-state index contributed by atoms with van der Waals surface area (Å²) < 4.78 is 4.56. The second kappa shape index (κ2) is 12.5. The van der Waals surface area contributed by atoms with Gasteiger partial charge in [0.2, 0.25) is 0 Å². The first-order valence-corrected chi connectivity index (χ1v) is 4.75. The molecule has 0 unspecified atom stereocenters. The van der Waals surface area contributed by atoms with Gasteiger partial charge in [0.25, 0.3) is 0 Å². The zero-order chi connectivity index (χ0) is 9.23. The Balaban J connectivity index is 0. The molecule has 83 valence electrons. The summed E-state index contributed by atoms with van der Waals surface area (Å²) in [7, 11) is -1.60. The Kier molecular flexibility index (Phi) is 15.3. The van der Waals surface area contributed by atoms with Crippen molar-refractivity contribution < 1.29 is 31.8 Å². The van der Waals surface area contributed by atoms with Crippen molar-refractivity contribution >= 4 is 7.32 Å². The molecule has 0 aliphatic rings. The monoisotopic (exact) mass is 237 g/mol. The van der Waals surface area contributed by atoms with E-state index in [2.05, 4.69) is 11.6 Å². The first kappa shape index (κ1) is 15.9. The third-order valence-electron chi connectivity index (χ3n) is 1.76. The third kappa shape index (κ3) is 15.2. The normalized spacial score (nSPS) is 9.46. The fourth-order valence-corrected chi connectivity index (χ4v) is 1.07. The van der Waals surface area contributed by atoms with Gasteiger partial charge in [0.15, 0.2) is 0 Å². The van der Waals surface area contributed by atoms with Gasteiger partial charge >= 0.3 is 7.32 Å². The van der Waals surface area contributed by atoms with E-state index in [1.165, 1.54) is 25.7 Å². The van der Waals surface area contributed by atoms with Gasteiger partial charge < -0.3 is 14.7 Å². The number of hydrogen-bond donors (Lipinski definition) is 2. The Hall–Kier alpha value is 0.464. The fraction of sp³-hybridized carbons (Fsp3) is 1.00. The van der Waals surface area contributed by atoms with E-state index in [1.54, 1.807) is 0 Å². The molecular weight excluding hydrogens is 218 g/mol. The average molecular weight is 238 g/mol. The molecule has 5 heteroatoms. The van der Waals surface area contributed by atoms with E-state index in [4.69, 9.17) is 10.0 Å². The Morgan fingerprint density at radius 1 is 1.00 bits per heavy atom. The van der Waals surface area contributed by atoms with Crippen LogP contribution in [0.25, 0.3) is 0 Å². The zero-order valence-corrected chi connectivity index (χ0v) is 9.07. The van der Waals surface area contributed by atoms with Gasteiger partial charge in [-0.15, -0.1) is 0 Å². The summed E-state index contributed by atoms with van der Waals surface area (Å²) in [6, 6.07) is 0. The van der Waals surface area contributed by atoms with Crippen LogP contribution < -0.4 is 0 Å². The van der Waals surface area contributed by atoms with Crippen molar-refractivity contribution in [2.24, 2.45) is 0 Å². The van der Waals surface area contributed by atoms with Crippen LogP contribution in [0.3, 0.4) is 0 Å². The van der Waals surface area contributed by atoms with Crippen LogP contribution in [-0.2, 0) is 21.7 Å². The minimum Gasteiger partial charge on any atom is -0.402 e. The molecular formula is C8H19BCuO3. The van der Waals surface area contributed by atoms with E-state index in [-0.39, 0.29) is 17.1 Å². The van der Waals surface area contributed by atoms with Crippen molar-refractivity contribution in [3.63, 3.8) is 0 Å². The third-order valence-corrected chi connectivity index (χ3v) is 1.76. The van der Waals surface area contributed by atoms with Crippen LogP contribution in [0, 0.1) is 0 Å². The van der Waals surface area contributed by atoms with Crippen LogP contribution in [0.5, 0.6) is 0 Å². The van der Waals surface area contributed by atoms with Crippen LogP contribution in [0.2, 0.25) is 0 Å². The Morgan fingerprint density at radius 2 is 1.54 bits per heavy atom. The first-order chi connectivity index (χ1) is 5.77. The molecule has 0 amide bonds. The average Bonchev–Trinajstić information content (AvgIpc) is 2.02. The van der Waals surface area contributed by atoms with E-state index < -0.39 is 7.32 Å². The summed E-state index contributed by atoms with van der Waals surface area (Å²) in [6.07, 6.45) is 7.08. The Bertz CT molecular complexity index is 93.5. The molecule has 0 atom stereocenters. The summed E-state index contributed by atoms with van der Waals surface area (Å²) in [4.78, 5) is 0. The van der Waals surface area contributed by atoms with Crippen LogP contribution in [0.15, 0.2) is 0 Å². The van der Waals surface area contributed by atoms with Crippen LogP contribution in [0.4, 0.5) is 0 Å². The zero-order valence-electron chi connectivity index (χ0n) is 8.13. The predicted octanol–water partition coefficient (Wildman–Crippen LogP) is 1.33. The molecule has 0 saturated heterocycles. The molecule has 3 nitrogen and oxygen atoms in total. The van der Waals surface area contributed by atoms with Gasteiger partial charge in [-0.05, 0) is 6.42 Å². The second-order valence-electron chi connectivity index (χ2n) is 2.96. The standard InChI is InChI=1S/C8H19BO3.Cu/c1-2-3-4-5-6-7-8-12-9(10)11;/h10-11H,2-8H2,1H3;. The summed E-state index contributed by atoms with van der Waals surface area (Å²) in [5, 5.41) is 16.7. The van der Waals surface area contributed by atoms with Crippen LogP contribution in [0.1, 0.15) is 45.4 Å². The largest absolute Gasteiger partial charge is 0.633 e. The molecule has 0 fully saturated rings. The van der Waals surface area contributed by atoms with E-state index in [9.17, 15) is 0 Å². The topological polar surface area (TPSA) is 49.7 Å². The van der Waals surface area contributed by atoms with E-state index in [0.29, 0.717) is 6.61 Å². The van der Waals surface area contributed by atoms with Gasteiger partial charge in [-0.3, -0.25) is 0 Å². The fourth-order valence-electron chi connectivity index (χ4n) is 1.07. The molecule has 0 aliphatic carbocycles. The molecule has 0 bridgehead atoms. The van der Waals surface area contributed by atoms with E-state index in [1.807, 2.05) is 0 Å². The van der Waals surface area contributed by atoms with Crippen LogP contribution >= 0.6 is 0 Å². The molecule has 2 N–H and O–H groups in total. The number of unbranched alkanes of at least 4 members (excludes halogenated alkanes) is 5. The molecule has 13 heavy (non-hydrogen) atoms. The van der Waals surface area contributed by atoms with Gasteiger partial charge in [0.05, 0.1) is 0 Å². The quantitative estimate of drug-likeness (QED) is 0.495. The van der Waals surface area contributed by atoms with Gasteiger partial charge in [-0.2, -0.15) is 0 Å². The molecule has 0 heterocycles. The molecule has 0 aromatic heterocycles. The number of hydrogen-bond acceptors (Lipinski definition) is 3. The van der Waals surface area contributed by atoms with Crippen molar-refractivity contribution in [1.82, 2.24) is 0 Å². The number of rotatable bonds is 8. The van der Waals surface area contributed by atoms with Gasteiger partial charge in [0, 0.05) is 23.7 Å². The summed E-state index contributed by atoms with van der Waals surface area (Å²) in [5.74, 6) is 0. The van der Waals surface area contributed by atoms with Crippen molar-refractivity contribution in [1.29, 1.82) is 0 Å². The van der Waals surface area contributed by atoms with Crippen molar-refractivity contribution in [3.05, 3.63) is 0 Å². The van der Waals surface area contributed by atoms with E-state index >= 15 is 0 Å². The Labute approximate surface area is 91.5 Å². The predicted molar refractivity (Wildman–Crippen MR) is 49.5 cm³/mol. The minimum atomic E-state index is -1.60. The minimum absolute atomic E-state index is 0. The maximum atomic E-state index is 8.33. The summed E-state index contributed by atoms with van der Waals surface area (Å²) >= 11 is 0. The van der Waals surface area contributed by atoms with Crippen molar-refractivity contribution in [2.45, 2.75) is 45.4 Å².